The summed E-state index contributed by atoms with van der Waals surface area (Å²) in [5, 5.41) is 10.1. The van der Waals surface area contributed by atoms with Gasteiger partial charge in [-0.3, -0.25) is 4.79 Å². The normalized spacial score (nSPS) is 14.7. The van der Waals surface area contributed by atoms with Crippen LogP contribution in [0.25, 0.3) is 10.2 Å². The number of esters is 1. The molecule has 162 valence electrons. The second-order valence-electron chi connectivity index (χ2n) is 7.52. The molecule has 1 aromatic carbocycles. The molecule has 0 amide bonds. The SMILES string of the molecule is Cc1c(C(=O)OCCc2ccccc2)sc2nc(Cl)nc(N3CCC(C(=O)O)CC3)c12. The van der Waals surface area contributed by atoms with Crippen LogP contribution < -0.4 is 4.90 Å². The summed E-state index contributed by atoms with van der Waals surface area (Å²) in [5.41, 5.74) is 1.87. The highest BCUT2D eigenvalue weighted by Gasteiger charge is 2.29. The number of fused-ring (bicyclic) bond motifs is 1. The summed E-state index contributed by atoms with van der Waals surface area (Å²) in [6.45, 7) is 3.27. The van der Waals surface area contributed by atoms with E-state index in [0.29, 0.717) is 54.5 Å². The minimum absolute atomic E-state index is 0.105. The van der Waals surface area contributed by atoms with Crippen molar-refractivity contribution in [2.75, 3.05) is 24.6 Å². The number of thiophene rings is 1. The Bertz CT molecular complexity index is 1110. The number of carbonyl (C=O) groups is 2. The molecular weight excluding hydrogens is 438 g/mol. The zero-order valence-electron chi connectivity index (χ0n) is 17.0. The molecule has 0 aliphatic carbocycles. The van der Waals surface area contributed by atoms with Crippen molar-refractivity contribution in [2.45, 2.75) is 26.2 Å². The fourth-order valence-electron chi connectivity index (χ4n) is 3.83. The highest BCUT2D eigenvalue weighted by Crippen LogP contribution is 2.37. The van der Waals surface area contributed by atoms with Crippen molar-refractivity contribution in [1.29, 1.82) is 0 Å². The Hall–Kier alpha value is -2.71. The molecule has 2 aromatic heterocycles. The Morgan fingerprint density at radius 1 is 1.23 bits per heavy atom. The number of piperidine rings is 1. The molecule has 3 aromatic rings. The van der Waals surface area contributed by atoms with Crippen molar-refractivity contribution in [2.24, 2.45) is 5.92 Å². The molecule has 0 unspecified atom stereocenters. The minimum atomic E-state index is -0.766. The van der Waals surface area contributed by atoms with Crippen LogP contribution in [0.1, 0.15) is 33.6 Å². The molecule has 0 saturated carbocycles. The number of aliphatic carboxylic acids is 1. The number of carboxylic acids is 1. The largest absolute Gasteiger partial charge is 0.481 e. The number of aromatic nitrogens is 2. The smallest absolute Gasteiger partial charge is 0.348 e. The van der Waals surface area contributed by atoms with Gasteiger partial charge in [0.15, 0.2) is 0 Å². The zero-order valence-corrected chi connectivity index (χ0v) is 18.6. The first-order valence-electron chi connectivity index (χ1n) is 10.1. The average Bonchev–Trinajstić information content (AvgIpc) is 3.10. The van der Waals surface area contributed by atoms with Gasteiger partial charge in [0.25, 0.3) is 0 Å². The molecule has 3 heterocycles. The van der Waals surface area contributed by atoms with E-state index in [1.165, 1.54) is 11.3 Å². The number of nitrogens with zero attached hydrogens (tertiary/aromatic N) is 3. The molecule has 1 aliphatic rings. The van der Waals surface area contributed by atoms with Gasteiger partial charge in [0.2, 0.25) is 5.28 Å². The van der Waals surface area contributed by atoms with Crippen LogP contribution >= 0.6 is 22.9 Å². The van der Waals surface area contributed by atoms with E-state index in [0.717, 1.165) is 16.5 Å². The van der Waals surface area contributed by atoms with Gasteiger partial charge in [0.05, 0.1) is 17.9 Å². The third kappa shape index (κ3) is 4.65. The maximum absolute atomic E-state index is 12.7. The molecule has 7 nitrogen and oxygen atoms in total. The van der Waals surface area contributed by atoms with Crippen molar-refractivity contribution in [3.8, 4) is 0 Å². The maximum Gasteiger partial charge on any atom is 0.348 e. The third-order valence-electron chi connectivity index (χ3n) is 5.54. The summed E-state index contributed by atoms with van der Waals surface area (Å²) >= 11 is 7.41. The van der Waals surface area contributed by atoms with E-state index in [1.807, 2.05) is 42.2 Å². The Morgan fingerprint density at radius 2 is 1.94 bits per heavy atom. The van der Waals surface area contributed by atoms with E-state index in [1.54, 1.807) is 0 Å². The van der Waals surface area contributed by atoms with E-state index in [4.69, 9.17) is 16.3 Å². The van der Waals surface area contributed by atoms with Crippen LogP contribution in [-0.2, 0) is 16.0 Å². The van der Waals surface area contributed by atoms with Crippen molar-refractivity contribution in [1.82, 2.24) is 9.97 Å². The van der Waals surface area contributed by atoms with Gasteiger partial charge in [-0.2, -0.15) is 4.98 Å². The van der Waals surface area contributed by atoms with Gasteiger partial charge >= 0.3 is 11.9 Å². The third-order valence-corrected chi connectivity index (χ3v) is 6.87. The van der Waals surface area contributed by atoms with E-state index in [-0.39, 0.29) is 17.2 Å². The Balaban J connectivity index is 1.55. The number of halogens is 1. The molecule has 1 saturated heterocycles. The zero-order chi connectivity index (χ0) is 22.0. The lowest BCUT2D eigenvalue weighted by molar-refractivity contribution is -0.142. The summed E-state index contributed by atoms with van der Waals surface area (Å²) in [4.78, 5) is 35.9. The Morgan fingerprint density at radius 3 is 2.61 bits per heavy atom. The van der Waals surface area contributed by atoms with Gasteiger partial charge in [-0.25, -0.2) is 9.78 Å². The molecule has 1 fully saturated rings. The van der Waals surface area contributed by atoms with Crippen molar-refractivity contribution in [3.63, 3.8) is 0 Å². The fraction of sp³-hybridized carbons (Fsp3) is 0.364. The van der Waals surface area contributed by atoms with E-state index >= 15 is 0 Å². The average molecular weight is 460 g/mol. The number of hydrogen-bond donors (Lipinski definition) is 1. The molecular formula is C22H22ClN3O4S. The fourth-order valence-corrected chi connectivity index (χ4v) is 5.11. The number of rotatable bonds is 6. The van der Waals surface area contributed by atoms with Crippen molar-refractivity contribution >= 4 is 50.9 Å². The van der Waals surface area contributed by atoms with Crippen LogP contribution in [0.5, 0.6) is 0 Å². The van der Waals surface area contributed by atoms with Crippen LogP contribution in [0.4, 0.5) is 5.82 Å². The molecule has 4 rings (SSSR count). The monoisotopic (exact) mass is 459 g/mol. The molecule has 0 radical (unpaired) electrons. The van der Waals surface area contributed by atoms with Gasteiger partial charge in [0.1, 0.15) is 15.5 Å². The Kier molecular flexibility index (Phi) is 6.38. The number of anilines is 1. The molecule has 0 bridgehead atoms. The summed E-state index contributed by atoms with van der Waals surface area (Å²) in [5.74, 6) is -0.848. The first-order valence-corrected chi connectivity index (χ1v) is 11.3. The molecule has 0 atom stereocenters. The molecule has 0 spiro atoms. The first-order chi connectivity index (χ1) is 14.9. The van der Waals surface area contributed by atoms with Crippen LogP contribution in [0.3, 0.4) is 0 Å². The van der Waals surface area contributed by atoms with Crippen LogP contribution in [0.2, 0.25) is 5.28 Å². The van der Waals surface area contributed by atoms with E-state index in [9.17, 15) is 14.7 Å². The van der Waals surface area contributed by atoms with Crippen molar-refractivity contribution in [3.05, 3.63) is 51.6 Å². The molecule has 31 heavy (non-hydrogen) atoms. The highest BCUT2D eigenvalue weighted by molar-refractivity contribution is 7.20. The van der Waals surface area contributed by atoms with E-state index < -0.39 is 5.97 Å². The van der Waals surface area contributed by atoms with Gasteiger partial charge < -0.3 is 14.7 Å². The van der Waals surface area contributed by atoms with E-state index in [2.05, 4.69) is 9.97 Å². The summed E-state index contributed by atoms with van der Waals surface area (Å²) in [6.07, 6.45) is 1.72. The molecule has 1 aliphatic heterocycles. The Labute approximate surface area is 188 Å². The van der Waals surface area contributed by atoms with Gasteiger partial charge in [-0.1, -0.05) is 30.3 Å². The standard InChI is InChI=1S/C22H22ClN3O4S/c1-13-16-18(26-10-7-15(8-11-26)20(27)28)24-22(23)25-19(16)31-17(13)21(29)30-12-9-14-5-3-2-4-6-14/h2-6,15H,7-12H2,1H3,(H,27,28). The highest BCUT2D eigenvalue weighted by atomic mass is 35.5. The van der Waals surface area contributed by atoms with Gasteiger partial charge in [0, 0.05) is 19.5 Å². The summed E-state index contributed by atoms with van der Waals surface area (Å²) in [6, 6.07) is 9.85. The number of carbonyl (C=O) groups excluding carboxylic acids is 1. The molecule has 9 heteroatoms. The van der Waals surface area contributed by atoms with Crippen molar-refractivity contribution < 1.29 is 19.4 Å². The van der Waals surface area contributed by atoms with Gasteiger partial charge in [-0.15, -0.1) is 11.3 Å². The van der Waals surface area contributed by atoms with Crippen LogP contribution in [-0.4, -0.2) is 46.7 Å². The number of carboxylic acid groups (broad SMARTS) is 1. The van der Waals surface area contributed by atoms with Crippen LogP contribution in [0.15, 0.2) is 30.3 Å². The first kappa shape index (κ1) is 21.5. The van der Waals surface area contributed by atoms with Gasteiger partial charge in [-0.05, 0) is 42.5 Å². The summed E-state index contributed by atoms with van der Waals surface area (Å²) in [7, 11) is 0. The second-order valence-corrected chi connectivity index (χ2v) is 8.86. The minimum Gasteiger partial charge on any atom is -0.481 e. The number of ether oxygens (including phenoxy) is 1. The number of benzene rings is 1. The maximum atomic E-state index is 12.7. The second kappa shape index (κ2) is 9.20. The predicted molar refractivity (Wildman–Crippen MR) is 120 cm³/mol. The molecule has 1 N–H and O–H groups in total. The lowest BCUT2D eigenvalue weighted by Gasteiger charge is -2.31. The number of aryl methyl sites for hydroxylation is 1. The summed E-state index contributed by atoms with van der Waals surface area (Å²) < 4.78 is 5.51. The van der Waals surface area contributed by atoms with Crippen LogP contribution in [0, 0.1) is 12.8 Å². The quantitative estimate of drug-likeness (QED) is 0.432. The topological polar surface area (TPSA) is 92.6 Å². The number of hydrogen-bond acceptors (Lipinski definition) is 7. The lowest BCUT2D eigenvalue weighted by Crippen LogP contribution is -2.37. The predicted octanol–water partition coefficient (Wildman–Crippen LogP) is 4.35. The lowest BCUT2D eigenvalue weighted by atomic mass is 9.97.